The summed E-state index contributed by atoms with van der Waals surface area (Å²) in [6.45, 7) is 4.93. The van der Waals surface area contributed by atoms with Crippen LogP contribution in [0.5, 0.6) is 0 Å². The molecule has 6 nitrogen and oxygen atoms in total. The Morgan fingerprint density at radius 1 is 0.351 bits per heavy atom. The van der Waals surface area contributed by atoms with Gasteiger partial charge in [-0.1, -0.05) is 346 Å². The first-order chi connectivity index (χ1) is 38.0. The number of esters is 1. The summed E-state index contributed by atoms with van der Waals surface area (Å²) in [7, 11) is 0. The molecule has 3 N–H and O–H groups in total. The number of ether oxygens (including phenoxy) is 1. The molecule has 0 aromatic carbocycles. The summed E-state index contributed by atoms with van der Waals surface area (Å²) in [5, 5.41) is 23.3. The molecule has 2 atom stereocenters. The molecule has 0 saturated carbocycles. The average Bonchev–Trinajstić information content (AvgIpc) is 3.43. The minimum absolute atomic E-state index is 0.00710. The van der Waals surface area contributed by atoms with Crippen molar-refractivity contribution >= 4 is 11.9 Å². The topological polar surface area (TPSA) is 95.9 Å². The van der Waals surface area contributed by atoms with Crippen LogP contribution in [0.25, 0.3) is 0 Å². The third-order valence-electron chi connectivity index (χ3n) is 16.5. The molecule has 0 aliphatic carbocycles. The maximum Gasteiger partial charge on any atom is 0.305 e. The Labute approximate surface area is 481 Å². The van der Waals surface area contributed by atoms with Gasteiger partial charge in [0.2, 0.25) is 5.91 Å². The Morgan fingerprint density at radius 2 is 0.610 bits per heavy atom. The van der Waals surface area contributed by atoms with E-state index in [0.29, 0.717) is 19.4 Å². The molecule has 0 aromatic heterocycles. The van der Waals surface area contributed by atoms with Gasteiger partial charge in [-0.05, 0) is 57.8 Å². The van der Waals surface area contributed by atoms with Gasteiger partial charge in [-0.25, -0.2) is 0 Å². The zero-order valence-electron chi connectivity index (χ0n) is 52.2. The summed E-state index contributed by atoms with van der Waals surface area (Å²) in [6.07, 6.45) is 83.9. The van der Waals surface area contributed by atoms with Crippen molar-refractivity contribution in [2.45, 2.75) is 405 Å². The number of hydrogen-bond acceptors (Lipinski definition) is 5. The number of aliphatic hydroxyl groups is 2. The normalized spacial score (nSPS) is 12.6. The zero-order chi connectivity index (χ0) is 55.7. The van der Waals surface area contributed by atoms with E-state index < -0.39 is 12.1 Å². The molecule has 0 bridgehead atoms. The molecule has 456 valence electrons. The first kappa shape index (κ1) is 75.3. The smallest absolute Gasteiger partial charge is 0.305 e. The van der Waals surface area contributed by atoms with E-state index in [-0.39, 0.29) is 18.5 Å². The van der Waals surface area contributed by atoms with Crippen molar-refractivity contribution in [1.82, 2.24) is 5.32 Å². The zero-order valence-corrected chi connectivity index (χ0v) is 52.2. The van der Waals surface area contributed by atoms with Gasteiger partial charge in [0.1, 0.15) is 0 Å². The minimum atomic E-state index is -0.855. The lowest BCUT2D eigenvalue weighted by molar-refractivity contribution is -0.143. The van der Waals surface area contributed by atoms with Gasteiger partial charge in [-0.15, -0.1) is 0 Å². The molecule has 0 fully saturated rings. The molecular weight excluding hydrogens is 947 g/mol. The molecule has 0 rings (SSSR count). The van der Waals surface area contributed by atoms with Crippen LogP contribution in [0.4, 0.5) is 0 Å². The van der Waals surface area contributed by atoms with Gasteiger partial charge >= 0.3 is 5.97 Å². The van der Waals surface area contributed by atoms with E-state index in [1.807, 2.05) is 6.08 Å². The largest absolute Gasteiger partial charge is 0.466 e. The highest BCUT2D eigenvalue weighted by molar-refractivity contribution is 5.76. The molecule has 0 aliphatic heterocycles. The summed E-state index contributed by atoms with van der Waals surface area (Å²) in [5.74, 6) is -0.0707. The van der Waals surface area contributed by atoms with Gasteiger partial charge in [0.15, 0.2) is 0 Å². The summed E-state index contributed by atoms with van der Waals surface area (Å²) >= 11 is 0. The predicted molar refractivity (Wildman–Crippen MR) is 338 cm³/mol. The molecule has 0 aliphatic rings. The minimum Gasteiger partial charge on any atom is -0.466 e. The maximum atomic E-state index is 12.5. The first-order valence-electron chi connectivity index (χ1n) is 35.1. The van der Waals surface area contributed by atoms with Crippen LogP contribution in [-0.2, 0) is 14.3 Å². The van der Waals surface area contributed by atoms with Crippen molar-refractivity contribution in [2.24, 2.45) is 0 Å². The first-order valence-corrected chi connectivity index (χ1v) is 35.1. The number of allylic oxidation sites excluding steroid dienone is 3. The van der Waals surface area contributed by atoms with Gasteiger partial charge in [-0.3, -0.25) is 9.59 Å². The number of hydrogen-bond donors (Lipinski definition) is 3. The molecule has 0 heterocycles. The number of unbranched alkanes of at least 4 members (excludes halogenated alkanes) is 53. The van der Waals surface area contributed by atoms with Gasteiger partial charge < -0.3 is 20.3 Å². The van der Waals surface area contributed by atoms with Crippen LogP contribution in [0.15, 0.2) is 24.3 Å². The number of carbonyl (C=O) groups excluding carboxylic acids is 2. The van der Waals surface area contributed by atoms with Crippen LogP contribution in [0.2, 0.25) is 0 Å². The van der Waals surface area contributed by atoms with Crippen molar-refractivity contribution in [1.29, 1.82) is 0 Å². The van der Waals surface area contributed by atoms with Crippen molar-refractivity contribution in [3.05, 3.63) is 24.3 Å². The number of carbonyl (C=O) groups is 2. The van der Waals surface area contributed by atoms with Gasteiger partial charge in [-0.2, -0.15) is 0 Å². The summed E-state index contributed by atoms with van der Waals surface area (Å²) in [4.78, 5) is 24.6. The van der Waals surface area contributed by atoms with Gasteiger partial charge in [0.25, 0.3) is 0 Å². The fourth-order valence-corrected chi connectivity index (χ4v) is 11.1. The standard InChI is InChI=1S/C71H137NO5/c1-3-5-7-9-11-13-15-17-19-21-22-23-24-25-26-27-28-32-35-39-43-47-51-55-59-63-69(74)68(67-73)72-70(75)64-60-56-52-48-44-40-36-33-29-30-34-38-42-46-50-54-58-62-66-77-71(76)65-61-57-53-49-45-41-37-31-20-18-16-14-12-10-8-6-4-2/h33,36,59,63,68-69,73-74H,3-32,34-35,37-58,60-62,64-67H2,1-2H3,(H,72,75)/b36-33-,63-59+. The highest BCUT2D eigenvalue weighted by atomic mass is 16.5. The van der Waals surface area contributed by atoms with Gasteiger partial charge in [0.05, 0.1) is 25.4 Å². The molecule has 0 saturated heterocycles. The Balaban J connectivity index is 3.45. The molecule has 1 amide bonds. The number of aliphatic hydroxyl groups excluding tert-OH is 2. The quantitative estimate of drug-likeness (QED) is 0.0320. The lowest BCUT2D eigenvalue weighted by Gasteiger charge is -2.20. The van der Waals surface area contributed by atoms with Crippen molar-refractivity contribution in [3.63, 3.8) is 0 Å². The Morgan fingerprint density at radius 3 is 0.922 bits per heavy atom. The van der Waals surface area contributed by atoms with Crippen LogP contribution in [0.3, 0.4) is 0 Å². The number of rotatable bonds is 66. The van der Waals surface area contributed by atoms with E-state index in [0.717, 1.165) is 57.8 Å². The molecule has 2 unspecified atom stereocenters. The highest BCUT2D eigenvalue weighted by Crippen LogP contribution is 2.19. The number of nitrogens with one attached hydrogen (secondary N) is 1. The molecule has 77 heavy (non-hydrogen) atoms. The van der Waals surface area contributed by atoms with E-state index in [9.17, 15) is 19.8 Å². The SMILES string of the molecule is CCCCCCCCCCCCCCCCCCCCCCCCC/C=C/C(O)C(CO)NC(=O)CCCCCCC/C=C\CCCCCCCCCCCOC(=O)CCCCCCCCCCCCCCCCCCC. The van der Waals surface area contributed by atoms with Crippen LogP contribution in [0.1, 0.15) is 393 Å². The fourth-order valence-electron chi connectivity index (χ4n) is 11.1. The van der Waals surface area contributed by atoms with Crippen LogP contribution >= 0.6 is 0 Å². The second kappa shape index (κ2) is 66.8. The Kier molecular flexibility index (Phi) is 65.4. The summed E-state index contributed by atoms with van der Waals surface area (Å²) in [5.41, 5.74) is 0. The third-order valence-corrected chi connectivity index (χ3v) is 16.5. The van der Waals surface area contributed by atoms with Crippen LogP contribution in [-0.4, -0.2) is 47.4 Å². The number of amides is 1. The second-order valence-corrected chi connectivity index (χ2v) is 24.2. The molecule has 0 radical (unpaired) electrons. The molecular formula is C71H137NO5. The average molecular weight is 1080 g/mol. The van der Waals surface area contributed by atoms with Gasteiger partial charge in [0, 0.05) is 12.8 Å². The fraction of sp³-hybridized carbons (Fsp3) is 0.915. The van der Waals surface area contributed by atoms with Crippen LogP contribution < -0.4 is 5.32 Å². The summed E-state index contributed by atoms with van der Waals surface area (Å²) in [6, 6.07) is -0.639. The Hall–Kier alpha value is -1.66. The third kappa shape index (κ3) is 63.4. The van der Waals surface area contributed by atoms with E-state index in [2.05, 4.69) is 31.3 Å². The monoisotopic (exact) mass is 1080 g/mol. The predicted octanol–water partition coefficient (Wildman–Crippen LogP) is 22.5. The molecule has 0 spiro atoms. The highest BCUT2D eigenvalue weighted by Gasteiger charge is 2.18. The summed E-state index contributed by atoms with van der Waals surface area (Å²) < 4.78 is 5.50. The lowest BCUT2D eigenvalue weighted by Crippen LogP contribution is -2.45. The molecule has 0 aromatic rings. The lowest BCUT2D eigenvalue weighted by atomic mass is 10.0. The maximum absolute atomic E-state index is 12.5. The molecule has 6 heteroatoms. The van der Waals surface area contributed by atoms with Crippen molar-refractivity contribution < 1.29 is 24.5 Å². The van der Waals surface area contributed by atoms with E-state index >= 15 is 0 Å². The second-order valence-electron chi connectivity index (χ2n) is 24.2. The van der Waals surface area contributed by atoms with E-state index in [4.69, 9.17) is 4.74 Å². The van der Waals surface area contributed by atoms with E-state index in [1.54, 1.807) is 6.08 Å². The van der Waals surface area contributed by atoms with Crippen molar-refractivity contribution in [2.75, 3.05) is 13.2 Å². The van der Waals surface area contributed by atoms with Crippen LogP contribution in [0, 0.1) is 0 Å². The van der Waals surface area contributed by atoms with E-state index in [1.165, 1.54) is 308 Å². The van der Waals surface area contributed by atoms with Crippen molar-refractivity contribution in [3.8, 4) is 0 Å². The Bertz CT molecular complexity index is 1200.